The van der Waals surface area contributed by atoms with Gasteiger partial charge < -0.3 is 5.32 Å². The number of anilines is 1. The average molecular weight is 327 g/mol. The van der Waals surface area contributed by atoms with E-state index in [2.05, 4.69) is 27.2 Å². The predicted octanol–water partition coefficient (Wildman–Crippen LogP) is 4.81. The van der Waals surface area contributed by atoms with E-state index >= 15 is 0 Å². The second-order valence-electron chi connectivity index (χ2n) is 6.10. The van der Waals surface area contributed by atoms with Gasteiger partial charge in [0.05, 0.1) is 23.8 Å². The molecule has 1 fully saturated rings. The van der Waals surface area contributed by atoms with E-state index in [1.807, 2.05) is 24.3 Å². The maximum Gasteiger partial charge on any atom is 0.0815 e. The number of benzene rings is 1. The molecule has 1 N–H and O–H groups in total. The molecule has 0 unspecified atom stereocenters. The van der Waals surface area contributed by atoms with Gasteiger partial charge >= 0.3 is 0 Å². The third-order valence-corrected chi connectivity index (χ3v) is 4.76. The van der Waals surface area contributed by atoms with Crippen LogP contribution in [0, 0.1) is 0 Å². The molecule has 0 spiro atoms. The van der Waals surface area contributed by atoms with Crippen LogP contribution in [0.5, 0.6) is 0 Å². The Morgan fingerprint density at radius 3 is 2.91 bits per heavy atom. The lowest BCUT2D eigenvalue weighted by Crippen LogP contribution is -2.07. The smallest absolute Gasteiger partial charge is 0.0815 e. The fourth-order valence-corrected chi connectivity index (χ4v) is 3.47. The Kier molecular flexibility index (Phi) is 3.92. The molecule has 2 aromatic heterocycles. The fourth-order valence-electron chi connectivity index (χ4n) is 3.31. The number of rotatable bonds is 4. The number of pyridine rings is 1. The predicted molar refractivity (Wildman–Crippen MR) is 93.8 cm³/mol. The topological polar surface area (TPSA) is 42.7 Å². The lowest BCUT2D eigenvalue weighted by atomic mass is 10.2. The molecule has 23 heavy (non-hydrogen) atoms. The van der Waals surface area contributed by atoms with Crippen LogP contribution in [0.25, 0.3) is 10.9 Å². The molecule has 1 aromatic carbocycles. The standard InChI is InChI=1S/C18H19ClN4/c19-13-5-6-16-17(7-9-20-18(16)11-13)21-12-14-8-10-23(22-14)15-3-1-2-4-15/h5-11,15H,1-4,12H2,(H,20,21). The Balaban J connectivity index is 1.51. The molecule has 4 nitrogen and oxygen atoms in total. The number of fused-ring (bicyclic) bond motifs is 1. The van der Waals surface area contributed by atoms with Crippen molar-refractivity contribution in [3.8, 4) is 0 Å². The van der Waals surface area contributed by atoms with Crippen molar-refractivity contribution in [3.63, 3.8) is 0 Å². The van der Waals surface area contributed by atoms with Crippen LogP contribution in [0.1, 0.15) is 37.4 Å². The molecule has 118 valence electrons. The van der Waals surface area contributed by atoms with Crippen molar-refractivity contribution in [2.45, 2.75) is 38.3 Å². The van der Waals surface area contributed by atoms with Crippen LogP contribution in [-0.2, 0) is 6.54 Å². The second kappa shape index (κ2) is 6.20. The molecule has 0 aliphatic heterocycles. The zero-order valence-electron chi connectivity index (χ0n) is 12.9. The summed E-state index contributed by atoms with van der Waals surface area (Å²) >= 11 is 6.04. The van der Waals surface area contributed by atoms with Crippen molar-refractivity contribution >= 4 is 28.2 Å². The Bertz CT molecular complexity index is 821. The van der Waals surface area contributed by atoms with Crippen molar-refractivity contribution in [2.75, 3.05) is 5.32 Å². The highest BCUT2D eigenvalue weighted by molar-refractivity contribution is 6.31. The maximum absolute atomic E-state index is 6.04. The Hall–Kier alpha value is -2.07. The van der Waals surface area contributed by atoms with E-state index in [1.165, 1.54) is 25.7 Å². The Morgan fingerprint density at radius 1 is 1.17 bits per heavy atom. The highest BCUT2D eigenvalue weighted by Crippen LogP contribution is 2.29. The minimum absolute atomic E-state index is 0.590. The molecule has 0 bridgehead atoms. The molecule has 0 saturated heterocycles. The van der Waals surface area contributed by atoms with Crippen LogP contribution < -0.4 is 5.32 Å². The number of hydrogen-bond acceptors (Lipinski definition) is 3. The van der Waals surface area contributed by atoms with Crippen LogP contribution in [0.3, 0.4) is 0 Å². The van der Waals surface area contributed by atoms with Crippen molar-refractivity contribution in [2.24, 2.45) is 0 Å². The minimum atomic E-state index is 0.590. The summed E-state index contributed by atoms with van der Waals surface area (Å²) in [5.74, 6) is 0. The first-order chi connectivity index (χ1) is 11.3. The molecule has 3 aromatic rings. The number of nitrogens with one attached hydrogen (secondary N) is 1. The molecular weight excluding hydrogens is 308 g/mol. The molecule has 5 heteroatoms. The number of hydrogen-bond donors (Lipinski definition) is 1. The van der Waals surface area contributed by atoms with Gasteiger partial charge in [-0.1, -0.05) is 24.4 Å². The second-order valence-corrected chi connectivity index (χ2v) is 6.54. The average Bonchev–Trinajstić information content (AvgIpc) is 3.23. The van der Waals surface area contributed by atoms with Gasteiger partial charge in [0.15, 0.2) is 0 Å². The van der Waals surface area contributed by atoms with Crippen LogP contribution in [0.15, 0.2) is 42.7 Å². The number of nitrogens with zero attached hydrogens (tertiary/aromatic N) is 3. The largest absolute Gasteiger partial charge is 0.379 e. The summed E-state index contributed by atoms with van der Waals surface area (Å²) in [5, 5.41) is 9.97. The molecule has 1 aliphatic carbocycles. The number of halogens is 1. The first kappa shape index (κ1) is 14.5. The van der Waals surface area contributed by atoms with Crippen molar-refractivity contribution in [1.82, 2.24) is 14.8 Å². The van der Waals surface area contributed by atoms with Gasteiger partial charge in [-0.2, -0.15) is 5.10 Å². The van der Waals surface area contributed by atoms with Crippen molar-refractivity contribution < 1.29 is 0 Å². The lowest BCUT2D eigenvalue weighted by molar-refractivity contribution is 0.463. The van der Waals surface area contributed by atoms with E-state index in [0.29, 0.717) is 17.6 Å². The van der Waals surface area contributed by atoms with Crippen molar-refractivity contribution in [1.29, 1.82) is 0 Å². The van der Waals surface area contributed by atoms with Crippen LogP contribution in [-0.4, -0.2) is 14.8 Å². The molecule has 0 radical (unpaired) electrons. The highest BCUT2D eigenvalue weighted by atomic mass is 35.5. The molecule has 2 heterocycles. The summed E-state index contributed by atoms with van der Waals surface area (Å²) in [5.41, 5.74) is 3.02. The summed E-state index contributed by atoms with van der Waals surface area (Å²) in [6.07, 6.45) is 9.07. The van der Waals surface area contributed by atoms with E-state index in [4.69, 9.17) is 16.7 Å². The number of aromatic nitrogens is 3. The molecule has 1 saturated carbocycles. The molecular formula is C18H19ClN4. The quantitative estimate of drug-likeness (QED) is 0.748. The van der Waals surface area contributed by atoms with E-state index in [1.54, 1.807) is 6.20 Å². The fraction of sp³-hybridized carbons (Fsp3) is 0.333. The molecule has 0 atom stereocenters. The van der Waals surface area contributed by atoms with E-state index < -0.39 is 0 Å². The van der Waals surface area contributed by atoms with Crippen LogP contribution in [0.2, 0.25) is 5.02 Å². The summed E-state index contributed by atoms with van der Waals surface area (Å²) in [6.45, 7) is 0.710. The van der Waals surface area contributed by atoms with Gasteiger partial charge in [-0.05, 0) is 43.2 Å². The van der Waals surface area contributed by atoms with Gasteiger partial charge in [0, 0.05) is 28.5 Å². The summed E-state index contributed by atoms with van der Waals surface area (Å²) in [6, 6.07) is 10.5. The third-order valence-electron chi connectivity index (χ3n) is 4.53. The summed E-state index contributed by atoms with van der Waals surface area (Å²) in [7, 11) is 0. The van der Waals surface area contributed by atoms with Gasteiger partial charge in [0.1, 0.15) is 0 Å². The van der Waals surface area contributed by atoms with Crippen LogP contribution in [0.4, 0.5) is 5.69 Å². The van der Waals surface area contributed by atoms with Crippen LogP contribution >= 0.6 is 11.6 Å². The first-order valence-electron chi connectivity index (χ1n) is 8.12. The van der Waals surface area contributed by atoms with E-state index in [9.17, 15) is 0 Å². The van der Waals surface area contributed by atoms with Gasteiger partial charge in [-0.3, -0.25) is 9.67 Å². The Morgan fingerprint density at radius 2 is 2.04 bits per heavy atom. The maximum atomic E-state index is 6.04. The first-order valence-corrected chi connectivity index (χ1v) is 8.49. The Labute approximate surface area is 140 Å². The molecule has 1 aliphatic rings. The normalized spacial score (nSPS) is 15.3. The van der Waals surface area contributed by atoms with E-state index in [0.717, 1.165) is 22.3 Å². The monoisotopic (exact) mass is 326 g/mol. The lowest BCUT2D eigenvalue weighted by Gasteiger charge is -2.10. The zero-order chi connectivity index (χ0) is 15.6. The summed E-state index contributed by atoms with van der Waals surface area (Å²) < 4.78 is 2.13. The van der Waals surface area contributed by atoms with Gasteiger partial charge in [-0.25, -0.2) is 0 Å². The van der Waals surface area contributed by atoms with Gasteiger partial charge in [0.2, 0.25) is 0 Å². The minimum Gasteiger partial charge on any atom is -0.379 e. The zero-order valence-corrected chi connectivity index (χ0v) is 13.6. The third kappa shape index (κ3) is 3.04. The van der Waals surface area contributed by atoms with E-state index in [-0.39, 0.29) is 0 Å². The SMILES string of the molecule is Clc1ccc2c(NCc3ccn(C4CCCC4)n3)ccnc2c1. The van der Waals surface area contributed by atoms with Gasteiger partial charge in [-0.15, -0.1) is 0 Å². The van der Waals surface area contributed by atoms with Crippen molar-refractivity contribution in [3.05, 3.63) is 53.4 Å². The van der Waals surface area contributed by atoms with Gasteiger partial charge in [0.25, 0.3) is 0 Å². The summed E-state index contributed by atoms with van der Waals surface area (Å²) in [4.78, 5) is 4.37. The highest BCUT2D eigenvalue weighted by Gasteiger charge is 2.17. The molecule has 4 rings (SSSR count). The molecule has 0 amide bonds.